The first-order chi connectivity index (χ1) is 11.2. The van der Waals surface area contributed by atoms with Crippen LogP contribution in [0.1, 0.15) is 30.1 Å². The summed E-state index contributed by atoms with van der Waals surface area (Å²) in [6.07, 6.45) is 2.40. The van der Waals surface area contributed by atoms with Crippen LogP contribution in [0.2, 0.25) is 0 Å². The zero-order chi connectivity index (χ0) is 16.2. The Morgan fingerprint density at radius 1 is 1.26 bits per heavy atom. The number of rotatable bonds is 5. The van der Waals surface area contributed by atoms with Crippen LogP contribution < -0.4 is 10.1 Å². The Bertz CT molecular complexity index is 699. The van der Waals surface area contributed by atoms with Crippen LogP contribution in [0.15, 0.2) is 36.4 Å². The number of likely N-dealkylation sites (tertiary alicyclic amines) is 1. The first kappa shape index (κ1) is 15.8. The molecule has 0 saturated carbocycles. The summed E-state index contributed by atoms with van der Waals surface area (Å²) in [6, 6.07) is 12.2. The molecular weight excluding hydrogens is 288 g/mol. The van der Waals surface area contributed by atoms with Crippen molar-refractivity contribution >= 4 is 16.7 Å². The Hall–Kier alpha value is -2.07. The number of nitrogens with one attached hydrogen (secondary N) is 1. The van der Waals surface area contributed by atoms with Crippen LogP contribution >= 0.6 is 0 Å². The third-order valence-corrected chi connectivity index (χ3v) is 4.71. The third kappa shape index (κ3) is 3.48. The first-order valence-corrected chi connectivity index (χ1v) is 8.31. The van der Waals surface area contributed by atoms with Crippen LogP contribution in [0.5, 0.6) is 5.75 Å². The molecule has 0 unspecified atom stereocenters. The number of methoxy groups -OCH3 is 1. The van der Waals surface area contributed by atoms with Crippen molar-refractivity contribution in [3.8, 4) is 5.75 Å². The van der Waals surface area contributed by atoms with E-state index < -0.39 is 0 Å². The summed E-state index contributed by atoms with van der Waals surface area (Å²) in [5, 5.41) is 5.22. The largest absolute Gasteiger partial charge is 0.497 e. The van der Waals surface area contributed by atoms with Gasteiger partial charge in [0.1, 0.15) is 5.75 Å². The number of carbonyl (C=O) groups is 1. The van der Waals surface area contributed by atoms with Gasteiger partial charge in [0.2, 0.25) is 0 Å². The molecule has 122 valence electrons. The van der Waals surface area contributed by atoms with Crippen molar-refractivity contribution in [2.24, 2.45) is 0 Å². The summed E-state index contributed by atoms with van der Waals surface area (Å²) in [4.78, 5) is 14.8. The van der Waals surface area contributed by atoms with E-state index in [-0.39, 0.29) is 5.91 Å². The molecule has 1 atom stereocenters. The molecule has 4 nitrogen and oxygen atoms in total. The van der Waals surface area contributed by atoms with Crippen molar-refractivity contribution in [2.75, 3.05) is 26.7 Å². The molecule has 0 spiro atoms. The van der Waals surface area contributed by atoms with Crippen LogP contribution in [0.25, 0.3) is 10.8 Å². The highest BCUT2D eigenvalue weighted by molar-refractivity contribution is 5.98. The number of likely N-dealkylation sites (N-methyl/N-ethyl adjacent to an activating group) is 1. The van der Waals surface area contributed by atoms with Crippen molar-refractivity contribution in [3.63, 3.8) is 0 Å². The van der Waals surface area contributed by atoms with E-state index in [1.165, 1.54) is 12.8 Å². The predicted molar refractivity (Wildman–Crippen MR) is 93.1 cm³/mol. The molecule has 1 amide bonds. The monoisotopic (exact) mass is 312 g/mol. The molecule has 1 N–H and O–H groups in total. The summed E-state index contributed by atoms with van der Waals surface area (Å²) in [7, 11) is 1.66. The number of fused-ring (bicyclic) bond motifs is 1. The normalized spacial score (nSPS) is 18.3. The van der Waals surface area contributed by atoms with Crippen molar-refractivity contribution in [2.45, 2.75) is 25.8 Å². The minimum Gasteiger partial charge on any atom is -0.497 e. The summed E-state index contributed by atoms with van der Waals surface area (Å²) >= 11 is 0. The number of ether oxygens (including phenoxy) is 1. The fraction of sp³-hybridized carbons (Fsp3) is 0.421. The molecule has 1 fully saturated rings. The van der Waals surface area contributed by atoms with Gasteiger partial charge in [-0.15, -0.1) is 0 Å². The van der Waals surface area contributed by atoms with Gasteiger partial charge in [-0.1, -0.05) is 19.1 Å². The van der Waals surface area contributed by atoms with Gasteiger partial charge in [0.05, 0.1) is 7.11 Å². The van der Waals surface area contributed by atoms with E-state index in [4.69, 9.17) is 4.74 Å². The van der Waals surface area contributed by atoms with Gasteiger partial charge in [-0.05, 0) is 61.0 Å². The fourth-order valence-electron chi connectivity index (χ4n) is 3.35. The Balaban J connectivity index is 1.68. The Labute approximate surface area is 137 Å². The third-order valence-electron chi connectivity index (χ3n) is 4.71. The lowest BCUT2D eigenvalue weighted by atomic mass is 10.1. The zero-order valence-electron chi connectivity index (χ0n) is 13.8. The Kier molecular flexibility index (Phi) is 4.82. The number of nitrogens with zero attached hydrogens (tertiary/aromatic N) is 1. The molecule has 1 aliphatic heterocycles. The second-order valence-corrected chi connectivity index (χ2v) is 6.06. The zero-order valence-corrected chi connectivity index (χ0v) is 13.8. The molecule has 1 heterocycles. The van der Waals surface area contributed by atoms with Gasteiger partial charge < -0.3 is 10.1 Å². The molecule has 0 radical (unpaired) electrons. The molecule has 3 rings (SSSR count). The Morgan fingerprint density at radius 2 is 2.04 bits per heavy atom. The minimum absolute atomic E-state index is 0.00525. The number of hydrogen-bond donors (Lipinski definition) is 1. The lowest BCUT2D eigenvalue weighted by Gasteiger charge is -2.22. The molecular formula is C19H24N2O2. The van der Waals surface area contributed by atoms with E-state index in [0.29, 0.717) is 11.6 Å². The molecule has 23 heavy (non-hydrogen) atoms. The van der Waals surface area contributed by atoms with Gasteiger partial charge in [-0.3, -0.25) is 9.69 Å². The summed E-state index contributed by atoms with van der Waals surface area (Å²) < 4.78 is 5.23. The van der Waals surface area contributed by atoms with E-state index >= 15 is 0 Å². The number of amides is 1. The SMILES string of the molecule is CCN1CCC[C@H]1CNC(=O)c1ccc2cc(OC)ccc2c1. The maximum atomic E-state index is 12.4. The van der Waals surface area contributed by atoms with E-state index in [0.717, 1.165) is 36.2 Å². The lowest BCUT2D eigenvalue weighted by molar-refractivity contribution is 0.0941. The highest BCUT2D eigenvalue weighted by atomic mass is 16.5. The van der Waals surface area contributed by atoms with Crippen molar-refractivity contribution < 1.29 is 9.53 Å². The van der Waals surface area contributed by atoms with Gasteiger partial charge in [0.15, 0.2) is 0 Å². The lowest BCUT2D eigenvalue weighted by Crippen LogP contribution is -2.40. The molecule has 2 aromatic rings. The number of hydrogen-bond acceptors (Lipinski definition) is 3. The van der Waals surface area contributed by atoms with Crippen LogP contribution in [-0.4, -0.2) is 43.6 Å². The Morgan fingerprint density at radius 3 is 2.83 bits per heavy atom. The van der Waals surface area contributed by atoms with Gasteiger partial charge in [-0.2, -0.15) is 0 Å². The molecule has 1 aliphatic rings. The molecule has 1 saturated heterocycles. The van der Waals surface area contributed by atoms with E-state index in [1.807, 2.05) is 36.4 Å². The van der Waals surface area contributed by atoms with Crippen LogP contribution in [0.4, 0.5) is 0 Å². The average molecular weight is 312 g/mol. The van der Waals surface area contributed by atoms with Crippen molar-refractivity contribution in [1.29, 1.82) is 0 Å². The van der Waals surface area contributed by atoms with E-state index in [1.54, 1.807) is 7.11 Å². The van der Waals surface area contributed by atoms with Crippen LogP contribution in [-0.2, 0) is 0 Å². The van der Waals surface area contributed by atoms with Crippen molar-refractivity contribution in [1.82, 2.24) is 10.2 Å². The van der Waals surface area contributed by atoms with Gasteiger partial charge in [0.25, 0.3) is 5.91 Å². The van der Waals surface area contributed by atoms with Gasteiger partial charge in [0, 0.05) is 18.2 Å². The highest BCUT2D eigenvalue weighted by Crippen LogP contribution is 2.22. The van der Waals surface area contributed by atoms with Crippen LogP contribution in [0.3, 0.4) is 0 Å². The van der Waals surface area contributed by atoms with E-state index in [2.05, 4.69) is 17.1 Å². The quantitative estimate of drug-likeness (QED) is 0.922. The molecule has 0 aromatic heterocycles. The summed E-state index contributed by atoms with van der Waals surface area (Å²) in [5.74, 6) is 0.835. The number of benzene rings is 2. The van der Waals surface area contributed by atoms with Crippen LogP contribution in [0, 0.1) is 0 Å². The first-order valence-electron chi connectivity index (χ1n) is 8.31. The molecule has 4 heteroatoms. The maximum absolute atomic E-state index is 12.4. The van der Waals surface area contributed by atoms with Gasteiger partial charge >= 0.3 is 0 Å². The average Bonchev–Trinajstić information content (AvgIpc) is 3.06. The highest BCUT2D eigenvalue weighted by Gasteiger charge is 2.23. The fourth-order valence-corrected chi connectivity index (χ4v) is 3.35. The smallest absolute Gasteiger partial charge is 0.251 e. The summed E-state index contributed by atoms with van der Waals surface area (Å²) in [6.45, 7) is 5.11. The number of carbonyl (C=O) groups excluding carboxylic acids is 1. The van der Waals surface area contributed by atoms with Gasteiger partial charge in [-0.25, -0.2) is 0 Å². The van der Waals surface area contributed by atoms with E-state index in [9.17, 15) is 4.79 Å². The molecule has 0 aliphatic carbocycles. The minimum atomic E-state index is 0.00525. The maximum Gasteiger partial charge on any atom is 0.251 e. The molecule has 2 aromatic carbocycles. The topological polar surface area (TPSA) is 41.6 Å². The van der Waals surface area contributed by atoms with Crippen molar-refractivity contribution in [3.05, 3.63) is 42.0 Å². The second-order valence-electron chi connectivity index (χ2n) is 6.06. The standard InChI is InChI=1S/C19H24N2O2/c1-3-21-10-4-5-17(21)13-20-19(22)16-7-6-15-12-18(23-2)9-8-14(15)11-16/h6-9,11-12,17H,3-5,10,13H2,1-2H3,(H,20,22)/t17-/m0/s1. The second kappa shape index (κ2) is 7.01. The molecule has 0 bridgehead atoms. The predicted octanol–water partition coefficient (Wildman–Crippen LogP) is 3.06. The summed E-state index contributed by atoms with van der Waals surface area (Å²) in [5.41, 5.74) is 0.712.